The number of hydrogen-bond donors (Lipinski definition) is 1. The van der Waals surface area contributed by atoms with Gasteiger partial charge >= 0.3 is 0 Å². The second kappa shape index (κ2) is 8.45. The van der Waals surface area contributed by atoms with Gasteiger partial charge in [-0.15, -0.1) is 0 Å². The van der Waals surface area contributed by atoms with E-state index in [2.05, 4.69) is 10.2 Å². The smallest absolute Gasteiger partial charge is 0.238 e. The van der Waals surface area contributed by atoms with E-state index < -0.39 is 0 Å². The van der Waals surface area contributed by atoms with Crippen molar-refractivity contribution in [1.29, 1.82) is 0 Å². The molecule has 136 valence electrons. The van der Waals surface area contributed by atoms with Gasteiger partial charge in [-0.2, -0.15) is 0 Å². The lowest BCUT2D eigenvalue weighted by atomic mass is 9.95. The summed E-state index contributed by atoms with van der Waals surface area (Å²) in [6, 6.07) is 7.80. The predicted molar refractivity (Wildman–Crippen MR) is 96.4 cm³/mol. The third-order valence-corrected chi connectivity index (χ3v) is 4.96. The summed E-state index contributed by atoms with van der Waals surface area (Å²) in [5, 5.41) is 2.93. The summed E-state index contributed by atoms with van der Waals surface area (Å²) in [4.78, 5) is 28.8. The molecule has 0 saturated carbocycles. The van der Waals surface area contributed by atoms with Crippen LogP contribution in [0.25, 0.3) is 0 Å². The van der Waals surface area contributed by atoms with Crippen molar-refractivity contribution in [2.45, 2.75) is 19.8 Å². The Morgan fingerprint density at radius 1 is 1.08 bits per heavy atom. The number of benzene rings is 1. The maximum Gasteiger partial charge on any atom is 0.238 e. The topological polar surface area (TPSA) is 61.9 Å². The highest BCUT2D eigenvalue weighted by Crippen LogP contribution is 2.20. The molecule has 6 nitrogen and oxygen atoms in total. The predicted octanol–water partition coefficient (Wildman–Crippen LogP) is 1.50. The van der Waals surface area contributed by atoms with Crippen molar-refractivity contribution in [3.8, 4) is 0 Å². The summed E-state index contributed by atoms with van der Waals surface area (Å²) in [6.45, 7) is 6.69. The molecule has 1 aromatic rings. The van der Waals surface area contributed by atoms with Crippen LogP contribution in [0, 0.1) is 12.8 Å². The lowest BCUT2D eigenvalue weighted by Gasteiger charge is -2.35. The van der Waals surface area contributed by atoms with Crippen LogP contribution in [0.2, 0.25) is 0 Å². The number of ether oxygens (including phenoxy) is 1. The number of aryl methyl sites for hydroxylation is 1. The van der Waals surface area contributed by atoms with Crippen molar-refractivity contribution in [2.75, 3.05) is 51.3 Å². The lowest BCUT2D eigenvalue weighted by molar-refractivity contribution is -0.141. The van der Waals surface area contributed by atoms with Crippen molar-refractivity contribution in [2.24, 2.45) is 5.92 Å². The first-order valence-electron chi connectivity index (χ1n) is 9.07. The van der Waals surface area contributed by atoms with E-state index >= 15 is 0 Å². The van der Waals surface area contributed by atoms with E-state index in [-0.39, 0.29) is 17.7 Å². The number of anilines is 1. The number of amides is 2. The fourth-order valence-corrected chi connectivity index (χ4v) is 3.42. The molecule has 2 saturated heterocycles. The van der Waals surface area contributed by atoms with Gasteiger partial charge in [0, 0.05) is 24.7 Å². The third-order valence-electron chi connectivity index (χ3n) is 4.96. The van der Waals surface area contributed by atoms with Crippen LogP contribution in [0.1, 0.15) is 18.4 Å². The number of nitrogens with zero attached hydrogens (tertiary/aromatic N) is 2. The Labute approximate surface area is 149 Å². The molecule has 0 atom stereocenters. The minimum absolute atomic E-state index is 0.00167. The Morgan fingerprint density at radius 3 is 2.36 bits per heavy atom. The average molecular weight is 345 g/mol. The van der Waals surface area contributed by atoms with Gasteiger partial charge in [-0.05, 0) is 45.0 Å². The molecule has 0 radical (unpaired) electrons. The second-order valence-corrected chi connectivity index (χ2v) is 6.90. The molecular formula is C19H27N3O3. The number of likely N-dealkylation sites (tertiary alicyclic amines) is 1. The number of hydrogen-bond acceptors (Lipinski definition) is 4. The van der Waals surface area contributed by atoms with Gasteiger partial charge in [-0.3, -0.25) is 14.5 Å². The van der Waals surface area contributed by atoms with E-state index in [1.165, 1.54) is 5.56 Å². The fourth-order valence-electron chi connectivity index (χ4n) is 3.42. The fraction of sp³-hybridized carbons (Fsp3) is 0.579. The SMILES string of the molecule is Cc1ccc(NC(=O)CN2CCC(C(=O)N3CCOCC3)CC2)cc1. The number of carbonyl (C=O) groups is 2. The van der Waals surface area contributed by atoms with Crippen LogP contribution >= 0.6 is 0 Å². The Morgan fingerprint density at radius 2 is 1.72 bits per heavy atom. The first-order chi connectivity index (χ1) is 12.1. The Hall–Kier alpha value is -1.92. The molecule has 2 amide bonds. The Bertz CT molecular complexity index is 588. The summed E-state index contributed by atoms with van der Waals surface area (Å²) in [6.07, 6.45) is 1.65. The van der Waals surface area contributed by atoms with E-state index in [9.17, 15) is 9.59 Å². The van der Waals surface area contributed by atoms with Crippen molar-refractivity contribution >= 4 is 17.5 Å². The van der Waals surface area contributed by atoms with Gasteiger partial charge < -0.3 is 15.0 Å². The molecule has 0 unspecified atom stereocenters. The van der Waals surface area contributed by atoms with E-state index in [4.69, 9.17) is 4.74 Å². The minimum Gasteiger partial charge on any atom is -0.378 e. The van der Waals surface area contributed by atoms with Crippen LogP contribution < -0.4 is 5.32 Å². The Balaban J connectivity index is 1.41. The van der Waals surface area contributed by atoms with E-state index in [1.807, 2.05) is 36.1 Å². The van der Waals surface area contributed by atoms with Gasteiger partial charge in [-0.1, -0.05) is 17.7 Å². The van der Waals surface area contributed by atoms with Gasteiger partial charge in [0.25, 0.3) is 0 Å². The van der Waals surface area contributed by atoms with E-state index in [0.29, 0.717) is 32.8 Å². The molecule has 0 aromatic heterocycles. The van der Waals surface area contributed by atoms with Crippen LogP contribution in [0.15, 0.2) is 24.3 Å². The highest BCUT2D eigenvalue weighted by atomic mass is 16.5. The largest absolute Gasteiger partial charge is 0.378 e. The second-order valence-electron chi connectivity index (χ2n) is 6.90. The summed E-state index contributed by atoms with van der Waals surface area (Å²) in [5.41, 5.74) is 2.00. The van der Waals surface area contributed by atoms with Crippen molar-refractivity contribution < 1.29 is 14.3 Å². The first kappa shape index (κ1) is 17.9. The number of carbonyl (C=O) groups excluding carboxylic acids is 2. The molecule has 0 aliphatic carbocycles. The zero-order chi connectivity index (χ0) is 17.6. The zero-order valence-corrected chi connectivity index (χ0v) is 14.9. The van der Waals surface area contributed by atoms with Crippen LogP contribution in [0.3, 0.4) is 0 Å². The molecular weight excluding hydrogens is 318 g/mol. The molecule has 2 aliphatic heterocycles. The van der Waals surface area contributed by atoms with E-state index in [1.54, 1.807) is 0 Å². The molecule has 2 fully saturated rings. The molecule has 6 heteroatoms. The maximum atomic E-state index is 12.5. The molecule has 3 rings (SSSR count). The molecule has 2 heterocycles. The highest BCUT2D eigenvalue weighted by Gasteiger charge is 2.29. The van der Waals surface area contributed by atoms with Gasteiger partial charge in [0.15, 0.2) is 0 Å². The van der Waals surface area contributed by atoms with E-state index in [0.717, 1.165) is 31.6 Å². The van der Waals surface area contributed by atoms with Crippen molar-refractivity contribution in [1.82, 2.24) is 9.80 Å². The maximum absolute atomic E-state index is 12.5. The van der Waals surface area contributed by atoms with Gasteiger partial charge in [0.2, 0.25) is 11.8 Å². The summed E-state index contributed by atoms with van der Waals surface area (Å²) in [5.74, 6) is 0.350. The standard InChI is InChI=1S/C19H27N3O3/c1-15-2-4-17(5-3-15)20-18(23)14-21-8-6-16(7-9-21)19(24)22-10-12-25-13-11-22/h2-5,16H,6-14H2,1H3,(H,20,23). The van der Waals surface area contributed by atoms with Crippen molar-refractivity contribution in [3.05, 3.63) is 29.8 Å². The number of piperidine rings is 1. The van der Waals surface area contributed by atoms with Crippen LogP contribution in [0.5, 0.6) is 0 Å². The zero-order valence-electron chi connectivity index (χ0n) is 14.9. The molecule has 25 heavy (non-hydrogen) atoms. The quantitative estimate of drug-likeness (QED) is 0.898. The first-order valence-corrected chi connectivity index (χ1v) is 9.07. The van der Waals surface area contributed by atoms with Crippen LogP contribution in [-0.4, -0.2) is 67.6 Å². The molecule has 0 bridgehead atoms. The highest BCUT2D eigenvalue weighted by molar-refractivity contribution is 5.92. The van der Waals surface area contributed by atoms with Crippen LogP contribution in [0.4, 0.5) is 5.69 Å². The average Bonchev–Trinajstić information content (AvgIpc) is 2.64. The van der Waals surface area contributed by atoms with Gasteiger partial charge in [0.1, 0.15) is 0 Å². The lowest BCUT2D eigenvalue weighted by Crippen LogP contribution is -2.47. The molecule has 2 aliphatic rings. The summed E-state index contributed by atoms with van der Waals surface area (Å²) in [7, 11) is 0. The molecule has 1 aromatic carbocycles. The van der Waals surface area contributed by atoms with Crippen molar-refractivity contribution in [3.63, 3.8) is 0 Å². The van der Waals surface area contributed by atoms with Crippen LogP contribution in [-0.2, 0) is 14.3 Å². The van der Waals surface area contributed by atoms with Gasteiger partial charge in [0.05, 0.1) is 19.8 Å². The minimum atomic E-state index is 0.00167. The van der Waals surface area contributed by atoms with Gasteiger partial charge in [-0.25, -0.2) is 0 Å². The summed E-state index contributed by atoms with van der Waals surface area (Å²) >= 11 is 0. The molecule has 0 spiro atoms. The number of morpholine rings is 1. The summed E-state index contributed by atoms with van der Waals surface area (Å²) < 4.78 is 5.31. The Kier molecular flexibility index (Phi) is 6.04. The number of nitrogens with one attached hydrogen (secondary N) is 1. The molecule has 1 N–H and O–H groups in total. The normalized spacial score (nSPS) is 19.6. The monoisotopic (exact) mass is 345 g/mol. The third kappa shape index (κ3) is 5.03. The number of rotatable bonds is 4.